The van der Waals surface area contributed by atoms with E-state index in [1.54, 1.807) is 24.3 Å². The Kier molecular flexibility index (Phi) is 4.98. The van der Waals surface area contributed by atoms with Crippen LogP contribution < -0.4 is 5.73 Å². The molecule has 0 atom stereocenters. The fourth-order valence-electron chi connectivity index (χ4n) is 2.21. The van der Waals surface area contributed by atoms with Crippen LogP contribution in [0.15, 0.2) is 48.5 Å². The van der Waals surface area contributed by atoms with Crippen molar-refractivity contribution in [3.05, 3.63) is 59.7 Å². The first-order valence-electron chi connectivity index (χ1n) is 6.93. The smallest absolute Gasteiger partial charge is 0.330 e. The number of nitrogens with two attached hydrogens (primary N) is 1. The normalized spacial score (nSPS) is 11.5. The van der Waals surface area contributed by atoms with Gasteiger partial charge in [0.1, 0.15) is 0 Å². The molecule has 2 N–H and O–H groups in total. The van der Waals surface area contributed by atoms with Gasteiger partial charge in [-0.2, -0.15) is 13.2 Å². The van der Waals surface area contributed by atoms with Gasteiger partial charge in [-0.1, -0.05) is 36.4 Å². The zero-order chi connectivity index (χ0) is 16.2. The molecule has 22 heavy (non-hydrogen) atoms. The van der Waals surface area contributed by atoms with Crippen LogP contribution in [-0.4, -0.2) is 12.3 Å². The number of hydrogen-bond donors (Lipinski definition) is 1. The molecule has 0 aliphatic heterocycles. The van der Waals surface area contributed by atoms with Gasteiger partial charge in [-0.15, -0.1) is 0 Å². The standard InChI is InChI=1S/C17H16F3NO/c18-17(19,20)13-9-7-12(8-10-13)14-4-1-2-5-15(14)16(22)6-3-11-21/h1-2,4-5,7-10H,3,6,11,21H2. The van der Waals surface area contributed by atoms with E-state index < -0.39 is 11.7 Å². The molecule has 0 spiro atoms. The summed E-state index contributed by atoms with van der Waals surface area (Å²) in [5.41, 5.74) is 6.43. The first kappa shape index (κ1) is 16.2. The van der Waals surface area contributed by atoms with Crippen molar-refractivity contribution in [1.82, 2.24) is 0 Å². The van der Waals surface area contributed by atoms with Crippen molar-refractivity contribution in [2.24, 2.45) is 5.73 Å². The van der Waals surface area contributed by atoms with Crippen LogP contribution in [0.4, 0.5) is 13.2 Å². The number of halogens is 3. The second-order valence-electron chi connectivity index (χ2n) is 4.94. The summed E-state index contributed by atoms with van der Waals surface area (Å²) in [4.78, 5) is 12.2. The van der Waals surface area contributed by atoms with Crippen LogP contribution in [0.5, 0.6) is 0 Å². The van der Waals surface area contributed by atoms with Crippen molar-refractivity contribution in [3.8, 4) is 11.1 Å². The highest BCUT2D eigenvalue weighted by molar-refractivity contribution is 6.02. The monoisotopic (exact) mass is 307 g/mol. The van der Waals surface area contributed by atoms with E-state index in [0.29, 0.717) is 36.1 Å². The quantitative estimate of drug-likeness (QED) is 0.837. The largest absolute Gasteiger partial charge is 0.416 e. The van der Waals surface area contributed by atoms with Gasteiger partial charge in [-0.05, 0) is 36.2 Å². The van der Waals surface area contributed by atoms with E-state index in [9.17, 15) is 18.0 Å². The van der Waals surface area contributed by atoms with Crippen molar-refractivity contribution in [1.29, 1.82) is 0 Å². The molecule has 0 aliphatic rings. The van der Waals surface area contributed by atoms with E-state index in [-0.39, 0.29) is 5.78 Å². The highest BCUT2D eigenvalue weighted by Gasteiger charge is 2.30. The highest BCUT2D eigenvalue weighted by Crippen LogP contribution is 2.32. The Morgan fingerprint density at radius 3 is 2.23 bits per heavy atom. The first-order chi connectivity index (χ1) is 10.4. The third-order valence-electron chi connectivity index (χ3n) is 3.36. The van der Waals surface area contributed by atoms with Crippen LogP contribution in [0.1, 0.15) is 28.8 Å². The summed E-state index contributed by atoms with van der Waals surface area (Å²) < 4.78 is 37.8. The maximum atomic E-state index is 12.6. The van der Waals surface area contributed by atoms with Gasteiger partial charge >= 0.3 is 6.18 Å². The van der Waals surface area contributed by atoms with Gasteiger partial charge in [0.15, 0.2) is 5.78 Å². The summed E-state index contributed by atoms with van der Waals surface area (Å²) in [7, 11) is 0. The predicted octanol–water partition coefficient (Wildman–Crippen LogP) is 4.29. The lowest BCUT2D eigenvalue weighted by atomic mass is 9.94. The number of carbonyl (C=O) groups is 1. The minimum atomic E-state index is -4.37. The summed E-state index contributed by atoms with van der Waals surface area (Å²) in [6.45, 7) is 0.425. The third-order valence-corrected chi connectivity index (χ3v) is 3.36. The minimum Gasteiger partial charge on any atom is -0.330 e. The highest BCUT2D eigenvalue weighted by atomic mass is 19.4. The molecule has 0 saturated heterocycles. The summed E-state index contributed by atoms with van der Waals surface area (Å²) in [5.74, 6) is -0.0547. The number of benzene rings is 2. The molecular formula is C17H16F3NO. The van der Waals surface area contributed by atoms with Crippen molar-refractivity contribution in [2.75, 3.05) is 6.54 Å². The van der Waals surface area contributed by atoms with Crippen LogP contribution in [-0.2, 0) is 6.18 Å². The molecule has 0 saturated carbocycles. The molecule has 0 radical (unpaired) electrons. The predicted molar refractivity (Wildman–Crippen MR) is 79.5 cm³/mol. The molecule has 2 aromatic carbocycles. The lowest BCUT2D eigenvalue weighted by Gasteiger charge is -2.11. The van der Waals surface area contributed by atoms with Crippen LogP contribution in [0.2, 0.25) is 0 Å². The Balaban J connectivity index is 2.35. The summed E-state index contributed by atoms with van der Waals surface area (Å²) >= 11 is 0. The van der Waals surface area contributed by atoms with Crippen LogP contribution >= 0.6 is 0 Å². The Morgan fingerprint density at radius 2 is 1.64 bits per heavy atom. The molecule has 2 nitrogen and oxygen atoms in total. The molecule has 0 aliphatic carbocycles. The van der Waals surface area contributed by atoms with Crippen molar-refractivity contribution >= 4 is 5.78 Å². The average molecular weight is 307 g/mol. The Bertz CT molecular complexity index is 648. The lowest BCUT2D eigenvalue weighted by molar-refractivity contribution is -0.137. The Hall–Kier alpha value is -2.14. The van der Waals surface area contributed by atoms with E-state index in [4.69, 9.17) is 5.73 Å². The zero-order valence-corrected chi connectivity index (χ0v) is 11.9. The van der Waals surface area contributed by atoms with Gasteiger partial charge in [0.25, 0.3) is 0 Å². The van der Waals surface area contributed by atoms with Gasteiger partial charge in [0.2, 0.25) is 0 Å². The Labute approximate surface area is 126 Å². The van der Waals surface area contributed by atoms with Gasteiger partial charge < -0.3 is 5.73 Å². The first-order valence-corrected chi connectivity index (χ1v) is 6.93. The van der Waals surface area contributed by atoms with Crippen molar-refractivity contribution in [2.45, 2.75) is 19.0 Å². The second-order valence-corrected chi connectivity index (χ2v) is 4.94. The van der Waals surface area contributed by atoms with Crippen molar-refractivity contribution in [3.63, 3.8) is 0 Å². The molecule has 0 amide bonds. The molecule has 0 unspecified atom stereocenters. The third kappa shape index (κ3) is 3.74. The van der Waals surface area contributed by atoms with Crippen molar-refractivity contribution < 1.29 is 18.0 Å². The van der Waals surface area contributed by atoms with E-state index in [0.717, 1.165) is 12.1 Å². The summed E-state index contributed by atoms with van der Waals surface area (Å²) in [6.07, 6.45) is -3.46. The Morgan fingerprint density at radius 1 is 1.00 bits per heavy atom. The SMILES string of the molecule is NCCCC(=O)c1ccccc1-c1ccc(C(F)(F)F)cc1. The van der Waals surface area contributed by atoms with E-state index >= 15 is 0 Å². The van der Waals surface area contributed by atoms with Gasteiger partial charge in [0, 0.05) is 12.0 Å². The van der Waals surface area contributed by atoms with E-state index in [2.05, 4.69) is 0 Å². The number of carbonyl (C=O) groups excluding carboxylic acids is 1. The molecule has 0 heterocycles. The maximum Gasteiger partial charge on any atom is 0.416 e. The molecule has 0 fully saturated rings. The average Bonchev–Trinajstić information content (AvgIpc) is 2.52. The molecule has 0 aromatic heterocycles. The number of ketones is 1. The minimum absolute atomic E-state index is 0.0547. The molecular weight excluding hydrogens is 291 g/mol. The molecule has 0 bridgehead atoms. The fourth-order valence-corrected chi connectivity index (χ4v) is 2.21. The second kappa shape index (κ2) is 6.75. The van der Waals surface area contributed by atoms with Gasteiger partial charge in [-0.25, -0.2) is 0 Å². The van der Waals surface area contributed by atoms with Crippen LogP contribution in [0.25, 0.3) is 11.1 Å². The van der Waals surface area contributed by atoms with E-state index in [1.807, 2.05) is 0 Å². The summed E-state index contributed by atoms with van der Waals surface area (Å²) in [5, 5.41) is 0. The van der Waals surface area contributed by atoms with Gasteiger partial charge in [0.05, 0.1) is 5.56 Å². The zero-order valence-electron chi connectivity index (χ0n) is 11.9. The van der Waals surface area contributed by atoms with E-state index in [1.165, 1.54) is 12.1 Å². The van der Waals surface area contributed by atoms with Gasteiger partial charge in [-0.3, -0.25) is 4.79 Å². The molecule has 2 rings (SSSR count). The topological polar surface area (TPSA) is 43.1 Å². The molecule has 5 heteroatoms. The number of rotatable bonds is 5. The fraction of sp³-hybridized carbons (Fsp3) is 0.235. The number of hydrogen-bond acceptors (Lipinski definition) is 2. The number of Topliss-reactive ketones (excluding diaryl/α,β-unsaturated/α-hetero) is 1. The maximum absolute atomic E-state index is 12.6. The lowest BCUT2D eigenvalue weighted by Crippen LogP contribution is -2.06. The van der Waals surface area contributed by atoms with Crippen LogP contribution in [0, 0.1) is 0 Å². The molecule has 116 valence electrons. The number of alkyl halides is 3. The van der Waals surface area contributed by atoms with Crippen LogP contribution in [0.3, 0.4) is 0 Å². The molecule has 2 aromatic rings. The summed E-state index contributed by atoms with van der Waals surface area (Å²) in [6, 6.07) is 11.7.